The second-order valence-corrected chi connectivity index (χ2v) is 4.21. The Morgan fingerprint density at radius 2 is 1.80 bits per heavy atom. The number of hydrogen-bond donors (Lipinski definition) is 1. The zero-order chi connectivity index (χ0) is 14.2. The maximum absolute atomic E-state index is 5.44. The predicted octanol–water partition coefficient (Wildman–Crippen LogP) is 1.23. The van der Waals surface area contributed by atoms with Crippen LogP contribution in [0.3, 0.4) is 0 Å². The van der Waals surface area contributed by atoms with Gasteiger partial charge < -0.3 is 14.4 Å². The van der Waals surface area contributed by atoms with E-state index in [0.717, 1.165) is 29.9 Å². The van der Waals surface area contributed by atoms with Gasteiger partial charge in [0.05, 0.1) is 24.8 Å². The smallest absolute Gasteiger partial charge is 0.160 e. The third-order valence-corrected chi connectivity index (χ3v) is 2.95. The van der Waals surface area contributed by atoms with Crippen molar-refractivity contribution in [1.29, 1.82) is 0 Å². The number of rotatable bonds is 9. The first-order chi connectivity index (χ1) is 9.86. The van der Waals surface area contributed by atoms with Crippen molar-refractivity contribution < 1.29 is 9.47 Å². The molecule has 2 heterocycles. The molecule has 0 radical (unpaired) electrons. The van der Waals surface area contributed by atoms with E-state index in [1.807, 2.05) is 13.8 Å². The van der Waals surface area contributed by atoms with Crippen LogP contribution in [0.1, 0.15) is 13.8 Å². The van der Waals surface area contributed by atoms with Crippen LogP contribution < -0.4 is 4.90 Å². The summed E-state index contributed by atoms with van der Waals surface area (Å²) in [6.07, 6.45) is 3.29. The monoisotopic (exact) mass is 279 g/mol. The highest BCUT2D eigenvalue weighted by atomic mass is 16.5. The first-order valence-electron chi connectivity index (χ1n) is 6.91. The third kappa shape index (κ3) is 3.64. The molecule has 0 amide bonds. The fraction of sp³-hybridized carbons (Fsp3) is 0.615. The predicted molar refractivity (Wildman–Crippen MR) is 76.9 cm³/mol. The van der Waals surface area contributed by atoms with E-state index in [9.17, 15) is 0 Å². The van der Waals surface area contributed by atoms with Crippen LogP contribution in [-0.4, -0.2) is 59.7 Å². The second kappa shape index (κ2) is 7.76. The topological polar surface area (TPSA) is 76.2 Å². The number of aromatic nitrogens is 4. The van der Waals surface area contributed by atoms with Gasteiger partial charge in [0, 0.05) is 26.3 Å². The molecule has 0 atom stereocenters. The zero-order valence-corrected chi connectivity index (χ0v) is 12.0. The fourth-order valence-corrected chi connectivity index (χ4v) is 1.97. The minimum atomic E-state index is 0.659. The van der Waals surface area contributed by atoms with Gasteiger partial charge in [-0.3, -0.25) is 5.10 Å². The van der Waals surface area contributed by atoms with Gasteiger partial charge in [-0.1, -0.05) is 0 Å². The van der Waals surface area contributed by atoms with E-state index >= 15 is 0 Å². The van der Waals surface area contributed by atoms with Crippen LogP contribution in [-0.2, 0) is 9.47 Å². The molecule has 0 unspecified atom stereocenters. The number of nitrogens with zero attached hydrogens (tertiary/aromatic N) is 4. The van der Waals surface area contributed by atoms with Crippen LogP contribution in [0.4, 0.5) is 5.82 Å². The van der Waals surface area contributed by atoms with Crippen LogP contribution in [0.15, 0.2) is 12.5 Å². The van der Waals surface area contributed by atoms with Crippen molar-refractivity contribution in [2.45, 2.75) is 13.8 Å². The normalized spacial score (nSPS) is 11.1. The largest absolute Gasteiger partial charge is 0.380 e. The van der Waals surface area contributed by atoms with Crippen molar-refractivity contribution in [2.75, 3.05) is 44.4 Å². The van der Waals surface area contributed by atoms with E-state index in [1.54, 1.807) is 12.5 Å². The molecule has 0 bridgehead atoms. The zero-order valence-electron chi connectivity index (χ0n) is 12.0. The van der Waals surface area contributed by atoms with Gasteiger partial charge in [-0.15, -0.1) is 0 Å². The third-order valence-electron chi connectivity index (χ3n) is 2.95. The number of hydrogen-bond acceptors (Lipinski definition) is 6. The number of anilines is 1. The molecule has 1 N–H and O–H groups in total. The summed E-state index contributed by atoms with van der Waals surface area (Å²) in [6, 6.07) is 0. The lowest BCUT2D eigenvalue weighted by molar-refractivity contribution is 0.141. The number of ether oxygens (including phenoxy) is 2. The highest BCUT2D eigenvalue weighted by molar-refractivity contribution is 5.86. The highest BCUT2D eigenvalue weighted by Crippen LogP contribution is 2.20. The minimum absolute atomic E-state index is 0.659. The second-order valence-electron chi connectivity index (χ2n) is 4.21. The maximum atomic E-state index is 5.44. The first-order valence-corrected chi connectivity index (χ1v) is 6.91. The van der Waals surface area contributed by atoms with Crippen LogP contribution in [0.5, 0.6) is 0 Å². The summed E-state index contributed by atoms with van der Waals surface area (Å²) in [7, 11) is 0. The Bertz CT molecular complexity index is 506. The van der Waals surface area contributed by atoms with E-state index in [-0.39, 0.29) is 0 Å². The summed E-state index contributed by atoms with van der Waals surface area (Å²) in [5.74, 6) is 0.864. The SMILES string of the molecule is CCOCCN(CCOCC)c1ncnc2[nH]ncc12. The summed E-state index contributed by atoms with van der Waals surface area (Å²) < 4.78 is 10.9. The summed E-state index contributed by atoms with van der Waals surface area (Å²) in [5, 5.41) is 7.80. The Balaban J connectivity index is 2.13. The van der Waals surface area contributed by atoms with Crippen molar-refractivity contribution in [1.82, 2.24) is 20.2 Å². The van der Waals surface area contributed by atoms with Crippen molar-refractivity contribution in [3.05, 3.63) is 12.5 Å². The summed E-state index contributed by atoms with van der Waals surface area (Å²) in [6.45, 7) is 8.25. The standard InChI is InChI=1S/C13H21N5O2/c1-3-19-7-5-18(6-8-20-4-2)13-11-9-16-17-12(11)14-10-15-13/h9-10H,3-8H2,1-2H3,(H,14,15,16,17). The average Bonchev–Trinajstić information content (AvgIpc) is 2.94. The van der Waals surface area contributed by atoms with Gasteiger partial charge >= 0.3 is 0 Å². The van der Waals surface area contributed by atoms with E-state index in [1.165, 1.54) is 0 Å². The van der Waals surface area contributed by atoms with Crippen LogP contribution in [0.25, 0.3) is 11.0 Å². The quantitative estimate of drug-likeness (QED) is 0.696. The lowest BCUT2D eigenvalue weighted by Gasteiger charge is -2.23. The Kier molecular flexibility index (Phi) is 5.69. The molecule has 0 aromatic carbocycles. The molecular weight excluding hydrogens is 258 g/mol. The molecule has 0 aliphatic rings. The lowest BCUT2D eigenvalue weighted by atomic mass is 10.3. The number of fused-ring (bicyclic) bond motifs is 1. The molecule has 2 rings (SSSR count). The molecule has 0 saturated heterocycles. The minimum Gasteiger partial charge on any atom is -0.380 e. The van der Waals surface area contributed by atoms with Gasteiger partial charge in [0.1, 0.15) is 12.1 Å². The molecule has 20 heavy (non-hydrogen) atoms. The van der Waals surface area contributed by atoms with Crippen molar-refractivity contribution in [2.24, 2.45) is 0 Å². The molecule has 2 aromatic rings. The first kappa shape index (κ1) is 14.7. The highest BCUT2D eigenvalue weighted by Gasteiger charge is 2.13. The Morgan fingerprint density at radius 3 is 2.45 bits per heavy atom. The number of H-pyrrole nitrogens is 1. The van der Waals surface area contributed by atoms with Gasteiger partial charge in [0.25, 0.3) is 0 Å². The van der Waals surface area contributed by atoms with Crippen molar-refractivity contribution in [3.63, 3.8) is 0 Å². The summed E-state index contributed by atoms with van der Waals surface area (Å²) in [5.41, 5.74) is 0.743. The average molecular weight is 279 g/mol. The van der Waals surface area contributed by atoms with Crippen LogP contribution >= 0.6 is 0 Å². The maximum Gasteiger partial charge on any atom is 0.160 e. The van der Waals surface area contributed by atoms with Gasteiger partial charge in [-0.25, -0.2) is 9.97 Å². The molecule has 2 aromatic heterocycles. The molecule has 0 spiro atoms. The Morgan fingerprint density at radius 1 is 1.10 bits per heavy atom. The van der Waals surface area contributed by atoms with Crippen molar-refractivity contribution in [3.8, 4) is 0 Å². The summed E-state index contributed by atoms with van der Waals surface area (Å²) >= 11 is 0. The van der Waals surface area contributed by atoms with E-state index in [0.29, 0.717) is 26.4 Å². The van der Waals surface area contributed by atoms with Gasteiger partial charge in [0.15, 0.2) is 5.65 Å². The van der Waals surface area contributed by atoms with E-state index in [4.69, 9.17) is 9.47 Å². The lowest BCUT2D eigenvalue weighted by Crippen LogP contribution is -2.32. The van der Waals surface area contributed by atoms with Gasteiger partial charge in [0.2, 0.25) is 0 Å². The Hall–Kier alpha value is -1.73. The number of aromatic amines is 1. The van der Waals surface area contributed by atoms with Gasteiger partial charge in [-0.2, -0.15) is 5.10 Å². The van der Waals surface area contributed by atoms with Crippen LogP contribution in [0, 0.1) is 0 Å². The van der Waals surface area contributed by atoms with Crippen LogP contribution in [0.2, 0.25) is 0 Å². The van der Waals surface area contributed by atoms with Crippen molar-refractivity contribution >= 4 is 16.9 Å². The summed E-state index contributed by atoms with van der Waals surface area (Å²) in [4.78, 5) is 10.7. The van der Waals surface area contributed by atoms with E-state index < -0.39 is 0 Å². The van der Waals surface area contributed by atoms with Gasteiger partial charge in [-0.05, 0) is 13.8 Å². The number of nitrogens with one attached hydrogen (secondary N) is 1. The molecule has 0 saturated carbocycles. The molecule has 0 aliphatic carbocycles. The molecule has 7 heteroatoms. The molecule has 7 nitrogen and oxygen atoms in total. The molecule has 110 valence electrons. The molecule has 0 fully saturated rings. The Labute approximate surface area is 118 Å². The fourth-order valence-electron chi connectivity index (χ4n) is 1.97. The molecular formula is C13H21N5O2. The van der Waals surface area contributed by atoms with E-state index in [2.05, 4.69) is 25.1 Å². The molecule has 0 aliphatic heterocycles.